The number of aromatic nitrogens is 3. The van der Waals surface area contributed by atoms with E-state index < -0.39 is 0 Å². The number of hydrogen-bond donors (Lipinski definition) is 1. The number of amides is 1. The topological polar surface area (TPSA) is 75.0 Å². The second kappa shape index (κ2) is 5.71. The first-order valence-corrected chi connectivity index (χ1v) is 7.43. The number of piperidine rings is 1. The fourth-order valence-corrected chi connectivity index (χ4v) is 2.73. The number of nitrogens with zero attached hydrogens (tertiary/aromatic N) is 3. The molecule has 0 saturated carbocycles. The van der Waals surface area contributed by atoms with Gasteiger partial charge in [-0.3, -0.25) is 4.79 Å². The number of carbonyl (C=O) groups is 1. The lowest BCUT2D eigenvalue weighted by molar-refractivity contribution is 0.0590. The van der Waals surface area contributed by atoms with Crippen molar-refractivity contribution in [3.05, 3.63) is 35.7 Å². The SMILES string of the molecule is CC(C)c1cc(C(=O)N2CCCCC2c2ncc[nH]2)no1. The predicted molar refractivity (Wildman–Crippen MR) is 76.8 cm³/mol. The largest absolute Gasteiger partial charge is 0.360 e. The van der Waals surface area contributed by atoms with Gasteiger partial charge in [-0.2, -0.15) is 0 Å². The first-order chi connectivity index (χ1) is 10.2. The summed E-state index contributed by atoms with van der Waals surface area (Å²) in [6.45, 7) is 4.76. The molecular formula is C15H20N4O2. The minimum absolute atomic E-state index is 0.000417. The highest BCUT2D eigenvalue weighted by atomic mass is 16.5. The molecule has 112 valence electrons. The van der Waals surface area contributed by atoms with E-state index in [1.165, 1.54) is 0 Å². The van der Waals surface area contributed by atoms with Gasteiger partial charge in [0.25, 0.3) is 5.91 Å². The maximum atomic E-state index is 12.7. The van der Waals surface area contributed by atoms with Crippen LogP contribution in [-0.4, -0.2) is 32.5 Å². The highest BCUT2D eigenvalue weighted by Gasteiger charge is 2.31. The Kier molecular flexibility index (Phi) is 3.77. The molecule has 0 spiro atoms. The van der Waals surface area contributed by atoms with Crippen LogP contribution in [0.3, 0.4) is 0 Å². The third-order valence-corrected chi connectivity index (χ3v) is 3.92. The number of imidazole rings is 1. The zero-order valence-electron chi connectivity index (χ0n) is 12.4. The quantitative estimate of drug-likeness (QED) is 0.942. The molecule has 1 saturated heterocycles. The number of H-pyrrole nitrogens is 1. The van der Waals surface area contributed by atoms with Crippen LogP contribution in [-0.2, 0) is 0 Å². The number of rotatable bonds is 3. The van der Waals surface area contributed by atoms with Crippen molar-refractivity contribution in [3.63, 3.8) is 0 Å². The molecule has 0 bridgehead atoms. The van der Waals surface area contributed by atoms with Gasteiger partial charge in [0, 0.05) is 30.9 Å². The summed E-state index contributed by atoms with van der Waals surface area (Å²) in [6.07, 6.45) is 6.55. The van der Waals surface area contributed by atoms with Crippen LogP contribution >= 0.6 is 0 Å². The van der Waals surface area contributed by atoms with E-state index in [1.54, 1.807) is 18.5 Å². The van der Waals surface area contributed by atoms with Gasteiger partial charge < -0.3 is 14.4 Å². The van der Waals surface area contributed by atoms with Gasteiger partial charge in [-0.05, 0) is 19.3 Å². The summed E-state index contributed by atoms with van der Waals surface area (Å²) in [4.78, 5) is 22.0. The molecule has 3 rings (SSSR count). The van der Waals surface area contributed by atoms with Gasteiger partial charge >= 0.3 is 0 Å². The average molecular weight is 288 g/mol. The van der Waals surface area contributed by atoms with Gasteiger partial charge in [0.05, 0.1) is 6.04 Å². The number of nitrogens with one attached hydrogen (secondary N) is 1. The number of likely N-dealkylation sites (tertiary alicyclic amines) is 1. The normalized spacial score (nSPS) is 19.2. The predicted octanol–water partition coefficient (Wildman–Crippen LogP) is 2.89. The Balaban J connectivity index is 1.83. The van der Waals surface area contributed by atoms with Gasteiger partial charge in [-0.1, -0.05) is 19.0 Å². The molecule has 21 heavy (non-hydrogen) atoms. The van der Waals surface area contributed by atoms with E-state index in [9.17, 15) is 4.79 Å². The summed E-state index contributed by atoms with van der Waals surface area (Å²) < 4.78 is 5.24. The van der Waals surface area contributed by atoms with E-state index in [-0.39, 0.29) is 17.9 Å². The number of aromatic amines is 1. The van der Waals surface area contributed by atoms with Crippen molar-refractivity contribution in [1.82, 2.24) is 20.0 Å². The van der Waals surface area contributed by atoms with Crippen molar-refractivity contribution in [2.75, 3.05) is 6.54 Å². The Morgan fingerprint density at radius 1 is 1.48 bits per heavy atom. The lowest BCUT2D eigenvalue weighted by Crippen LogP contribution is -2.39. The lowest BCUT2D eigenvalue weighted by atomic mass is 10.0. The van der Waals surface area contributed by atoms with Crippen molar-refractivity contribution < 1.29 is 9.32 Å². The highest BCUT2D eigenvalue weighted by Crippen LogP contribution is 2.30. The van der Waals surface area contributed by atoms with Crippen LogP contribution in [0, 0.1) is 0 Å². The Morgan fingerprint density at radius 3 is 3.00 bits per heavy atom. The van der Waals surface area contributed by atoms with Gasteiger partial charge in [0.15, 0.2) is 5.69 Å². The van der Waals surface area contributed by atoms with Crippen LogP contribution in [0.4, 0.5) is 0 Å². The third-order valence-electron chi connectivity index (χ3n) is 3.92. The van der Waals surface area contributed by atoms with E-state index in [0.29, 0.717) is 5.69 Å². The van der Waals surface area contributed by atoms with Crippen molar-refractivity contribution in [1.29, 1.82) is 0 Å². The lowest BCUT2D eigenvalue weighted by Gasteiger charge is -2.33. The summed E-state index contributed by atoms with van der Waals surface area (Å²) in [5, 5.41) is 3.93. The Bertz CT molecular complexity index is 603. The molecule has 0 aliphatic carbocycles. The van der Waals surface area contributed by atoms with Crippen molar-refractivity contribution in [3.8, 4) is 0 Å². The molecule has 1 aliphatic rings. The molecule has 2 aromatic rings. The smallest absolute Gasteiger partial charge is 0.276 e. The molecule has 1 atom stereocenters. The Hall–Kier alpha value is -2.11. The molecule has 6 heteroatoms. The summed E-state index contributed by atoms with van der Waals surface area (Å²) in [5.41, 5.74) is 0.386. The molecule has 0 radical (unpaired) electrons. The monoisotopic (exact) mass is 288 g/mol. The Labute approximate surface area is 123 Å². The van der Waals surface area contributed by atoms with Gasteiger partial charge in [-0.15, -0.1) is 0 Å². The molecule has 6 nitrogen and oxygen atoms in total. The van der Waals surface area contributed by atoms with Crippen LogP contribution in [0.2, 0.25) is 0 Å². The summed E-state index contributed by atoms with van der Waals surface area (Å²) in [7, 11) is 0. The molecule has 1 N–H and O–H groups in total. The first kappa shape index (κ1) is 13.9. The zero-order valence-corrected chi connectivity index (χ0v) is 12.4. The minimum atomic E-state index is -0.0771. The van der Waals surface area contributed by atoms with Crippen LogP contribution in [0.25, 0.3) is 0 Å². The van der Waals surface area contributed by atoms with E-state index in [4.69, 9.17) is 4.52 Å². The molecule has 1 unspecified atom stereocenters. The number of carbonyl (C=O) groups excluding carboxylic acids is 1. The zero-order chi connectivity index (χ0) is 14.8. The van der Waals surface area contributed by atoms with Crippen molar-refractivity contribution in [2.24, 2.45) is 0 Å². The number of hydrogen-bond acceptors (Lipinski definition) is 4. The molecule has 1 amide bonds. The van der Waals surface area contributed by atoms with Gasteiger partial charge in [-0.25, -0.2) is 4.98 Å². The van der Waals surface area contributed by atoms with Gasteiger partial charge in [0.2, 0.25) is 0 Å². The summed E-state index contributed by atoms with van der Waals surface area (Å²) >= 11 is 0. The molecule has 2 aromatic heterocycles. The molecule has 1 aliphatic heterocycles. The second-order valence-corrected chi connectivity index (χ2v) is 5.75. The van der Waals surface area contributed by atoms with Crippen LogP contribution in [0.15, 0.2) is 23.0 Å². The standard InChI is InChI=1S/C15H20N4O2/c1-10(2)13-9-11(18-21-13)15(20)19-8-4-3-5-12(19)14-16-6-7-17-14/h6-7,9-10,12H,3-5,8H2,1-2H3,(H,16,17). The van der Waals surface area contributed by atoms with E-state index in [1.807, 2.05) is 18.7 Å². The maximum Gasteiger partial charge on any atom is 0.276 e. The van der Waals surface area contributed by atoms with E-state index in [2.05, 4.69) is 15.1 Å². The third kappa shape index (κ3) is 2.70. The molecule has 0 aromatic carbocycles. The molecule has 3 heterocycles. The first-order valence-electron chi connectivity index (χ1n) is 7.43. The second-order valence-electron chi connectivity index (χ2n) is 5.75. The summed E-state index contributed by atoms with van der Waals surface area (Å²) in [6, 6.07) is 1.75. The average Bonchev–Trinajstić information content (AvgIpc) is 3.18. The van der Waals surface area contributed by atoms with Crippen LogP contribution in [0.1, 0.15) is 67.1 Å². The summed E-state index contributed by atoms with van der Waals surface area (Å²) in [5.74, 6) is 1.73. The Morgan fingerprint density at radius 2 is 2.33 bits per heavy atom. The fraction of sp³-hybridized carbons (Fsp3) is 0.533. The fourth-order valence-electron chi connectivity index (χ4n) is 2.73. The van der Waals surface area contributed by atoms with Crippen molar-refractivity contribution in [2.45, 2.75) is 45.1 Å². The molecular weight excluding hydrogens is 268 g/mol. The molecule has 1 fully saturated rings. The van der Waals surface area contributed by atoms with Gasteiger partial charge in [0.1, 0.15) is 11.6 Å². The van der Waals surface area contributed by atoms with Crippen LogP contribution in [0.5, 0.6) is 0 Å². The van der Waals surface area contributed by atoms with E-state index >= 15 is 0 Å². The minimum Gasteiger partial charge on any atom is -0.360 e. The maximum absolute atomic E-state index is 12.7. The van der Waals surface area contributed by atoms with Crippen molar-refractivity contribution >= 4 is 5.91 Å². The van der Waals surface area contributed by atoms with Crippen LogP contribution < -0.4 is 0 Å². The highest BCUT2D eigenvalue weighted by molar-refractivity contribution is 5.92. The van der Waals surface area contributed by atoms with E-state index in [0.717, 1.165) is 37.4 Å².